The van der Waals surface area contributed by atoms with Crippen molar-refractivity contribution in [3.05, 3.63) is 35.9 Å². The van der Waals surface area contributed by atoms with Gasteiger partial charge in [0.05, 0.1) is 0 Å². The van der Waals surface area contributed by atoms with E-state index in [1.54, 1.807) is 0 Å². The maximum absolute atomic E-state index is 11.2. The number of benzene rings is 1. The number of carbonyl (C=O) groups excluding carboxylic acids is 2. The second kappa shape index (κ2) is 5.42. The highest BCUT2D eigenvalue weighted by Crippen LogP contribution is 2.11. The first-order chi connectivity index (χ1) is 7.52. The lowest BCUT2D eigenvalue weighted by molar-refractivity contribution is -0.142. The quantitative estimate of drug-likeness (QED) is 0.829. The second-order valence-electron chi connectivity index (χ2n) is 3.67. The molecule has 1 atom stereocenters. The van der Waals surface area contributed by atoms with E-state index in [-0.39, 0.29) is 24.4 Å². The number of nitrogens with two attached hydrogens (primary N) is 1. The summed E-state index contributed by atoms with van der Waals surface area (Å²) in [6, 6.07) is 9.06. The third-order valence-electron chi connectivity index (χ3n) is 2.37. The smallest absolute Gasteiger partial charge is 0.226 e. The van der Waals surface area contributed by atoms with Gasteiger partial charge in [-0.2, -0.15) is 0 Å². The Morgan fingerprint density at radius 1 is 1.19 bits per heavy atom. The lowest BCUT2D eigenvalue weighted by Gasteiger charge is -2.21. The summed E-state index contributed by atoms with van der Waals surface area (Å²) in [6.45, 7) is 2.94. The van der Waals surface area contributed by atoms with Crippen molar-refractivity contribution in [3.8, 4) is 0 Å². The van der Waals surface area contributed by atoms with Crippen molar-refractivity contribution in [2.45, 2.75) is 19.9 Å². The summed E-state index contributed by atoms with van der Waals surface area (Å²) < 4.78 is 0. The predicted molar refractivity (Wildman–Crippen MR) is 61.4 cm³/mol. The third kappa shape index (κ3) is 3.17. The fourth-order valence-corrected chi connectivity index (χ4v) is 1.48. The number of hydrogen-bond acceptors (Lipinski definition) is 3. The van der Waals surface area contributed by atoms with Gasteiger partial charge in [0.25, 0.3) is 0 Å². The first-order valence-electron chi connectivity index (χ1n) is 5.11. The minimum atomic E-state index is -0.339. The Balaban J connectivity index is 2.73. The monoisotopic (exact) mass is 220 g/mol. The second-order valence-corrected chi connectivity index (χ2v) is 3.67. The van der Waals surface area contributed by atoms with Crippen molar-refractivity contribution < 1.29 is 9.59 Å². The van der Waals surface area contributed by atoms with Crippen LogP contribution in [-0.4, -0.2) is 23.3 Å². The van der Waals surface area contributed by atoms with Crippen molar-refractivity contribution in [3.63, 3.8) is 0 Å². The Bertz CT molecular complexity index is 362. The minimum absolute atomic E-state index is 0.217. The zero-order valence-electron chi connectivity index (χ0n) is 9.51. The lowest BCUT2D eigenvalue weighted by Crippen LogP contribution is -2.38. The number of rotatable bonds is 3. The largest absolute Gasteiger partial charge is 0.322 e. The molecule has 0 saturated heterocycles. The van der Waals surface area contributed by atoms with Crippen LogP contribution < -0.4 is 5.73 Å². The molecule has 16 heavy (non-hydrogen) atoms. The fourth-order valence-electron chi connectivity index (χ4n) is 1.48. The van der Waals surface area contributed by atoms with Gasteiger partial charge >= 0.3 is 0 Å². The molecule has 0 bridgehead atoms. The molecule has 0 aromatic heterocycles. The Kier molecular flexibility index (Phi) is 4.19. The van der Waals surface area contributed by atoms with Crippen molar-refractivity contribution in [2.75, 3.05) is 6.54 Å². The number of amides is 2. The van der Waals surface area contributed by atoms with Crippen LogP contribution in [0.1, 0.15) is 25.5 Å². The molecular weight excluding hydrogens is 204 g/mol. The lowest BCUT2D eigenvalue weighted by atomic mass is 10.1. The molecule has 2 N–H and O–H groups in total. The molecule has 86 valence electrons. The summed E-state index contributed by atoms with van der Waals surface area (Å²) in [7, 11) is 0. The molecule has 0 radical (unpaired) electrons. The molecule has 1 rings (SSSR count). The number of carbonyl (C=O) groups is 2. The van der Waals surface area contributed by atoms with Gasteiger partial charge in [-0.1, -0.05) is 30.3 Å². The van der Waals surface area contributed by atoms with Gasteiger partial charge in [-0.05, 0) is 5.56 Å². The van der Waals surface area contributed by atoms with E-state index >= 15 is 0 Å². The summed E-state index contributed by atoms with van der Waals surface area (Å²) in [4.78, 5) is 23.6. The molecule has 0 saturated carbocycles. The van der Waals surface area contributed by atoms with Gasteiger partial charge < -0.3 is 5.73 Å². The third-order valence-corrected chi connectivity index (χ3v) is 2.37. The van der Waals surface area contributed by atoms with Crippen LogP contribution in [0.4, 0.5) is 0 Å². The van der Waals surface area contributed by atoms with Crippen LogP contribution in [0.15, 0.2) is 30.3 Å². The zero-order valence-corrected chi connectivity index (χ0v) is 9.51. The first kappa shape index (κ1) is 12.4. The highest BCUT2D eigenvalue weighted by molar-refractivity contribution is 5.92. The van der Waals surface area contributed by atoms with Gasteiger partial charge in [0.1, 0.15) is 0 Å². The number of nitrogens with zero attached hydrogens (tertiary/aromatic N) is 1. The first-order valence-corrected chi connectivity index (χ1v) is 5.11. The number of hydrogen-bond donors (Lipinski definition) is 1. The topological polar surface area (TPSA) is 63.4 Å². The van der Waals surface area contributed by atoms with Crippen LogP contribution >= 0.6 is 0 Å². The standard InChI is InChI=1S/C12H16N2O2/c1-9(15)14(10(2)16)8-12(13)11-6-4-3-5-7-11/h3-7,12H,8,13H2,1-2H3. The van der Waals surface area contributed by atoms with E-state index in [2.05, 4.69) is 0 Å². The molecule has 4 nitrogen and oxygen atoms in total. The van der Waals surface area contributed by atoms with E-state index < -0.39 is 0 Å². The van der Waals surface area contributed by atoms with Gasteiger partial charge in [-0.15, -0.1) is 0 Å². The molecule has 0 aliphatic heterocycles. The normalized spacial score (nSPS) is 11.9. The highest BCUT2D eigenvalue weighted by atomic mass is 16.2. The fraction of sp³-hybridized carbons (Fsp3) is 0.333. The summed E-state index contributed by atoms with van der Waals surface area (Å²) in [5.41, 5.74) is 6.84. The molecule has 0 fully saturated rings. The maximum Gasteiger partial charge on any atom is 0.226 e. The molecule has 0 spiro atoms. The molecule has 2 amide bonds. The van der Waals surface area contributed by atoms with Gasteiger partial charge in [-0.25, -0.2) is 0 Å². The van der Waals surface area contributed by atoms with Gasteiger partial charge in [0, 0.05) is 26.4 Å². The van der Waals surface area contributed by atoms with Crippen molar-refractivity contribution in [1.82, 2.24) is 4.90 Å². The van der Waals surface area contributed by atoms with Crippen molar-refractivity contribution >= 4 is 11.8 Å². The molecule has 1 aromatic carbocycles. The molecule has 4 heteroatoms. The van der Waals surface area contributed by atoms with Gasteiger partial charge in [-0.3, -0.25) is 14.5 Å². The van der Waals surface area contributed by atoms with Crippen LogP contribution in [0.3, 0.4) is 0 Å². The van der Waals surface area contributed by atoms with E-state index in [4.69, 9.17) is 5.73 Å². The predicted octanol–water partition coefficient (Wildman–Crippen LogP) is 1.08. The van der Waals surface area contributed by atoms with E-state index in [1.807, 2.05) is 30.3 Å². The summed E-state index contributed by atoms with van der Waals surface area (Å²) in [5, 5.41) is 0. The van der Waals surface area contributed by atoms with Crippen molar-refractivity contribution in [1.29, 1.82) is 0 Å². The summed E-state index contributed by atoms with van der Waals surface area (Å²) in [6.07, 6.45) is 0. The van der Waals surface area contributed by atoms with Crippen LogP contribution in [-0.2, 0) is 9.59 Å². The SMILES string of the molecule is CC(=O)N(CC(N)c1ccccc1)C(C)=O. The van der Waals surface area contributed by atoms with Crippen LogP contribution in [0.5, 0.6) is 0 Å². The van der Waals surface area contributed by atoms with Gasteiger partial charge in [0.15, 0.2) is 0 Å². The van der Waals surface area contributed by atoms with E-state index in [0.717, 1.165) is 10.5 Å². The molecule has 0 aliphatic carbocycles. The molecule has 0 aliphatic rings. The molecule has 0 heterocycles. The highest BCUT2D eigenvalue weighted by Gasteiger charge is 2.17. The minimum Gasteiger partial charge on any atom is -0.322 e. The summed E-state index contributed by atoms with van der Waals surface area (Å²) in [5.74, 6) is -0.558. The van der Waals surface area contributed by atoms with Crippen LogP contribution in [0.2, 0.25) is 0 Å². The molecular formula is C12H16N2O2. The number of imide groups is 1. The van der Waals surface area contributed by atoms with Crippen LogP contribution in [0, 0.1) is 0 Å². The summed E-state index contributed by atoms with van der Waals surface area (Å²) >= 11 is 0. The Hall–Kier alpha value is -1.68. The molecule has 1 unspecified atom stereocenters. The maximum atomic E-state index is 11.2. The van der Waals surface area contributed by atoms with Crippen molar-refractivity contribution in [2.24, 2.45) is 5.73 Å². The van der Waals surface area contributed by atoms with Crippen LogP contribution in [0.25, 0.3) is 0 Å². The Morgan fingerprint density at radius 2 is 1.69 bits per heavy atom. The average molecular weight is 220 g/mol. The zero-order chi connectivity index (χ0) is 12.1. The van der Waals surface area contributed by atoms with E-state index in [0.29, 0.717) is 0 Å². The van der Waals surface area contributed by atoms with Gasteiger partial charge in [0.2, 0.25) is 11.8 Å². The Morgan fingerprint density at radius 3 is 2.12 bits per heavy atom. The van der Waals surface area contributed by atoms with E-state index in [1.165, 1.54) is 13.8 Å². The Labute approximate surface area is 95.0 Å². The van der Waals surface area contributed by atoms with E-state index in [9.17, 15) is 9.59 Å². The molecule has 1 aromatic rings. The average Bonchev–Trinajstić information content (AvgIpc) is 2.25.